The molecule has 106 valence electrons. The molecule has 0 aromatic heterocycles. The van der Waals surface area contributed by atoms with Gasteiger partial charge in [0.1, 0.15) is 0 Å². The third-order valence-corrected chi connectivity index (χ3v) is 4.72. The molecule has 18 heavy (non-hydrogen) atoms. The summed E-state index contributed by atoms with van der Waals surface area (Å²) in [6.45, 7) is 8.20. The number of likely N-dealkylation sites (tertiary alicyclic amines) is 1. The summed E-state index contributed by atoms with van der Waals surface area (Å²) in [7, 11) is 1.81. The van der Waals surface area contributed by atoms with Gasteiger partial charge in [-0.1, -0.05) is 19.8 Å². The summed E-state index contributed by atoms with van der Waals surface area (Å²) >= 11 is 0. The lowest BCUT2D eigenvalue weighted by atomic mass is 9.86. The molecule has 0 aromatic carbocycles. The SMILES string of the molecule is COCC1CCN(CCNC2CCCCC2C)C1. The minimum atomic E-state index is 0.767. The fourth-order valence-electron chi connectivity index (χ4n) is 3.52. The van der Waals surface area contributed by atoms with Crippen molar-refractivity contribution in [3.63, 3.8) is 0 Å². The van der Waals surface area contributed by atoms with Crippen molar-refractivity contribution < 1.29 is 4.74 Å². The van der Waals surface area contributed by atoms with Crippen LogP contribution in [-0.4, -0.2) is 50.8 Å². The molecule has 1 aliphatic heterocycles. The molecular formula is C15H30N2O. The van der Waals surface area contributed by atoms with Gasteiger partial charge in [0, 0.05) is 32.8 Å². The van der Waals surface area contributed by atoms with Gasteiger partial charge in [-0.15, -0.1) is 0 Å². The zero-order chi connectivity index (χ0) is 12.8. The molecule has 0 amide bonds. The van der Waals surface area contributed by atoms with Crippen molar-refractivity contribution in [2.45, 2.75) is 45.1 Å². The quantitative estimate of drug-likeness (QED) is 0.786. The molecule has 1 saturated heterocycles. The highest BCUT2D eigenvalue weighted by molar-refractivity contribution is 4.80. The average molecular weight is 254 g/mol. The summed E-state index contributed by atoms with van der Waals surface area (Å²) in [6, 6.07) is 0.774. The van der Waals surface area contributed by atoms with Gasteiger partial charge in [-0.2, -0.15) is 0 Å². The van der Waals surface area contributed by atoms with Gasteiger partial charge >= 0.3 is 0 Å². The fraction of sp³-hybridized carbons (Fsp3) is 1.00. The molecule has 1 heterocycles. The molecule has 2 rings (SSSR count). The van der Waals surface area contributed by atoms with Gasteiger partial charge in [-0.25, -0.2) is 0 Å². The molecule has 3 atom stereocenters. The molecule has 1 N–H and O–H groups in total. The molecule has 1 saturated carbocycles. The Balaban J connectivity index is 1.58. The van der Waals surface area contributed by atoms with E-state index in [1.807, 2.05) is 7.11 Å². The van der Waals surface area contributed by atoms with Gasteiger partial charge in [-0.05, 0) is 37.6 Å². The summed E-state index contributed by atoms with van der Waals surface area (Å²) < 4.78 is 5.25. The van der Waals surface area contributed by atoms with Crippen LogP contribution in [0.5, 0.6) is 0 Å². The Kier molecular flexibility index (Phi) is 5.93. The number of methoxy groups -OCH3 is 1. The predicted molar refractivity (Wildman–Crippen MR) is 75.8 cm³/mol. The average Bonchev–Trinajstić information content (AvgIpc) is 2.80. The van der Waals surface area contributed by atoms with Crippen molar-refractivity contribution in [2.24, 2.45) is 11.8 Å². The summed E-state index contributed by atoms with van der Waals surface area (Å²) in [5.41, 5.74) is 0. The number of nitrogens with one attached hydrogen (secondary N) is 1. The maximum Gasteiger partial charge on any atom is 0.0503 e. The number of nitrogens with zero attached hydrogens (tertiary/aromatic N) is 1. The highest BCUT2D eigenvalue weighted by Crippen LogP contribution is 2.23. The standard InChI is InChI=1S/C15H30N2O/c1-13-5-3-4-6-15(13)16-8-10-17-9-7-14(11-17)12-18-2/h13-16H,3-12H2,1-2H3. The van der Waals surface area contributed by atoms with Crippen LogP contribution in [0.3, 0.4) is 0 Å². The Morgan fingerprint density at radius 1 is 1.22 bits per heavy atom. The Hall–Kier alpha value is -0.120. The van der Waals surface area contributed by atoms with E-state index in [-0.39, 0.29) is 0 Å². The van der Waals surface area contributed by atoms with Gasteiger partial charge in [0.25, 0.3) is 0 Å². The van der Waals surface area contributed by atoms with Crippen LogP contribution in [0.25, 0.3) is 0 Å². The van der Waals surface area contributed by atoms with Crippen LogP contribution in [0.2, 0.25) is 0 Å². The first kappa shape index (κ1) is 14.3. The normalized spacial score (nSPS) is 34.0. The van der Waals surface area contributed by atoms with Crippen molar-refractivity contribution in [1.29, 1.82) is 0 Å². The first-order valence-corrected chi connectivity index (χ1v) is 7.74. The largest absolute Gasteiger partial charge is 0.384 e. The molecule has 3 unspecified atom stereocenters. The monoisotopic (exact) mass is 254 g/mol. The zero-order valence-corrected chi connectivity index (χ0v) is 12.2. The van der Waals surface area contributed by atoms with Crippen molar-refractivity contribution in [2.75, 3.05) is 39.9 Å². The molecule has 2 aliphatic rings. The van der Waals surface area contributed by atoms with Crippen molar-refractivity contribution >= 4 is 0 Å². The van der Waals surface area contributed by atoms with Crippen LogP contribution in [0, 0.1) is 11.8 Å². The summed E-state index contributed by atoms with van der Waals surface area (Å²) in [5, 5.41) is 3.77. The van der Waals surface area contributed by atoms with E-state index < -0.39 is 0 Å². The van der Waals surface area contributed by atoms with Crippen LogP contribution in [0.4, 0.5) is 0 Å². The van der Waals surface area contributed by atoms with Crippen molar-refractivity contribution in [3.05, 3.63) is 0 Å². The predicted octanol–water partition coefficient (Wildman–Crippen LogP) is 2.12. The van der Waals surface area contributed by atoms with Crippen LogP contribution in [0.1, 0.15) is 39.0 Å². The second-order valence-corrected chi connectivity index (χ2v) is 6.23. The van der Waals surface area contributed by atoms with E-state index in [1.165, 1.54) is 51.7 Å². The van der Waals surface area contributed by atoms with Gasteiger partial charge in [-0.3, -0.25) is 0 Å². The third-order valence-electron chi connectivity index (χ3n) is 4.72. The van der Waals surface area contributed by atoms with Gasteiger partial charge < -0.3 is 15.0 Å². The topological polar surface area (TPSA) is 24.5 Å². The van der Waals surface area contributed by atoms with E-state index in [2.05, 4.69) is 17.1 Å². The molecule has 2 fully saturated rings. The summed E-state index contributed by atoms with van der Waals surface area (Å²) in [5.74, 6) is 1.64. The molecule has 0 aromatic rings. The lowest BCUT2D eigenvalue weighted by molar-refractivity contribution is 0.153. The van der Waals surface area contributed by atoms with Crippen LogP contribution < -0.4 is 5.32 Å². The smallest absolute Gasteiger partial charge is 0.0503 e. The van der Waals surface area contributed by atoms with E-state index in [0.29, 0.717) is 0 Å². The number of rotatable bonds is 6. The zero-order valence-electron chi connectivity index (χ0n) is 12.2. The number of ether oxygens (including phenoxy) is 1. The maximum atomic E-state index is 5.25. The second kappa shape index (κ2) is 7.46. The van der Waals surface area contributed by atoms with Gasteiger partial charge in [0.05, 0.1) is 6.61 Å². The molecule has 0 spiro atoms. The van der Waals surface area contributed by atoms with Crippen molar-refractivity contribution in [3.8, 4) is 0 Å². The minimum Gasteiger partial charge on any atom is -0.384 e. The fourth-order valence-corrected chi connectivity index (χ4v) is 3.52. The first-order chi connectivity index (χ1) is 8.79. The Morgan fingerprint density at radius 3 is 2.83 bits per heavy atom. The highest BCUT2D eigenvalue weighted by atomic mass is 16.5. The van der Waals surface area contributed by atoms with E-state index in [0.717, 1.165) is 31.0 Å². The highest BCUT2D eigenvalue weighted by Gasteiger charge is 2.23. The summed E-state index contributed by atoms with van der Waals surface area (Å²) in [4.78, 5) is 2.59. The Labute approximate surface area is 112 Å². The maximum absolute atomic E-state index is 5.25. The summed E-state index contributed by atoms with van der Waals surface area (Å²) in [6.07, 6.45) is 6.96. The molecule has 0 bridgehead atoms. The molecular weight excluding hydrogens is 224 g/mol. The molecule has 3 heteroatoms. The lowest BCUT2D eigenvalue weighted by Crippen LogP contribution is -2.41. The van der Waals surface area contributed by atoms with Crippen LogP contribution >= 0.6 is 0 Å². The number of hydrogen-bond donors (Lipinski definition) is 1. The van der Waals surface area contributed by atoms with E-state index in [9.17, 15) is 0 Å². The van der Waals surface area contributed by atoms with Crippen molar-refractivity contribution in [1.82, 2.24) is 10.2 Å². The lowest BCUT2D eigenvalue weighted by Gasteiger charge is -2.30. The van der Waals surface area contributed by atoms with Gasteiger partial charge in [0.15, 0.2) is 0 Å². The van der Waals surface area contributed by atoms with E-state index in [4.69, 9.17) is 4.74 Å². The second-order valence-electron chi connectivity index (χ2n) is 6.23. The van der Waals surface area contributed by atoms with Crippen LogP contribution in [-0.2, 0) is 4.74 Å². The van der Waals surface area contributed by atoms with E-state index in [1.54, 1.807) is 0 Å². The van der Waals surface area contributed by atoms with Gasteiger partial charge in [0.2, 0.25) is 0 Å². The first-order valence-electron chi connectivity index (χ1n) is 7.74. The number of hydrogen-bond acceptors (Lipinski definition) is 3. The molecule has 3 nitrogen and oxygen atoms in total. The minimum absolute atomic E-state index is 0.767. The molecule has 1 aliphatic carbocycles. The third kappa shape index (κ3) is 4.22. The van der Waals surface area contributed by atoms with E-state index >= 15 is 0 Å². The Morgan fingerprint density at radius 2 is 2.06 bits per heavy atom. The van der Waals surface area contributed by atoms with Crippen LogP contribution in [0.15, 0.2) is 0 Å². The Bertz CT molecular complexity index is 235. The molecule has 0 radical (unpaired) electrons.